The highest BCUT2D eigenvalue weighted by molar-refractivity contribution is 6.18. The first kappa shape index (κ1) is 14.1. The Morgan fingerprint density at radius 1 is 1.41 bits per heavy atom. The van der Waals surface area contributed by atoms with E-state index in [1.165, 1.54) is 0 Å². The second-order valence-electron chi connectivity index (χ2n) is 4.91. The van der Waals surface area contributed by atoms with Gasteiger partial charge in [-0.3, -0.25) is 4.79 Å². The molecule has 2 unspecified atom stereocenters. The van der Waals surface area contributed by atoms with E-state index in [1.807, 2.05) is 0 Å². The molecule has 5 nitrogen and oxygen atoms in total. The van der Waals surface area contributed by atoms with Gasteiger partial charge in [-0.05, 0) is 20.8 Å². The Hall–Kier alpha value is -0.970. The van der Waals surface area contributed by atoms with Gasteiger partial charge < -0.3 is 14.2 Å². The topological polar surface area (TPSA) is 61.8 Å². The fraction of sp³-hybridized carbons (Fsp3) is 0.818. The molecule has 0 N–H and O–H groups in total. The highest BCUT2D eigenvalue weighted by Crippen LogP contribution is 2.20. The summed E-state index contributed by atoms with van der Waals surface area (Å²) in [5.74, 6) is -0.203. The SMILES string of the molecule is CC(C)(C)OC(=O)CC1CC(CCl)OC(=O)O1. The van der Waals surface area contributed by atoms with Crippen molar-refractivity contribution in [2.45, 2.75) is 51.4 Å². The molecule has 1 rings (SSSR count). The molecular weight excluding hydrogens is 248 g/mol. The van der Waals surface area contributed by atoms with E-state index < -0.39 is 29.9 Å². The van der Waals surface area contributed by atoms with Gasteiger partial charge in [0.25, 0.3) is 0 Å². The van der Waals surface area contributed by atoms with E-state index in [1.54, 1.807) is 20.8 Å². The van der Waals surface area contributed by atoms with Crippen LogP contribution in [0.1, 0.15) is 33.6 Å². The average Bonchev–Trinajstić information content (AvgIpc) is 2.13. The number of cyclic esters (lactones) is 2. The second-order valence-corrected chi connectivity index (χ2v) is 5.22. The molecule has 2 atom stereocenters. The number of ether oxygens (including phenoxy) is 3. The molecular formula is C11H17ClO5. The lowest BCUT2D eigenvalue weighted by atomic mass is 10.1. The van der Waals surface area contributed by atoms with Crippen LogP contribution >= 0.6 is 11.6 Å². The predicted octanol–water partition coefficient (Wildman–Crippen LogP) is 2.25. The largest absolute Gasteiger partial charge is 0.508 e. The Labute approximate surface area is 105 Å². The van der Waals surface area contributed by atoms with E-state index >= 15 is 0 Å². The summed E-state index contributed by atoms with van der Waals surface area (Å²) < 4.78 is 14.8. The summed E-state index contributed by atoms with van der Waals surface area (Å²) in [4.78, 5) is 22.6. The van der Waals surface area contributed by atoms with E-state index in [0.717, 1.165) is 0 Å². The lowest BCUT2D eigenvalue weighted by molar-refractivity contribution is -0.159. The number of esters is 1. The predicted molar refractivity (Wildman–Crippen MR) is 60.9 cm³/mol. The maximum absolute atomic E-state index is 11.5. The summed E-state index contributed by atoms with van der Waals surface area (Å²) in [5, 5.41) is 0. The lowest BCUT2D eigenvalue weighted by Crippen LogP contribution is -2.37. The standard InChI is InChI=1S/C11H17ClO5/c1-11(2,3)17-9(13)5-7-4-8(6-12)16-10(14)15-7/h7-8H,4-6H2,1-3H3. The van der Waals surface area contributed by atoms with Crippen LogP contribution < -0.4 is 0 Å². The molecule has 0 spiro atoms. The van der Waals surface area contributed by atoms with Crippen molar-refractivity contribution in [1.29, 1.82) is 0 Å². The van der Waals surface area contributed by atoms with Gasteiger partial charge in [0, 0.05) is 6.42 Å². The van der Waals surface area contributed by atoms with Gasteiger partial charge in [-0.15, -0.1) is 11.6 Å². The highest BCUT2D eigenvalue weighted by atomic mass is 35.5. The fourth-order valence-corrected chi connectivity index (χ4v) is 1.67. The Balaban J connectivity index is 2.45. The quantitative estimate of drug-likeness (QED) is 0.578. The number of carbonyl (C=O) groups excluding carboxylic acids is 2. The molecule has 1 fully saturated rings. The minimum Gasteiger partial charge on any atom is -0.460 e. The van der Waals surface area contributed by atoms with Crippen molar-refractivity contribution < 1.29 is 23.8 Å². The third kappa shape index (κ3) is 5.26. The average molecular weight is 265 g/mol. The molecule has 1 aliphatic rings. The molecule has 0 bridgehead atoms. The maximum Gasteiger partial charge on any atom is 0.508 e. The van der Waals surface area contributed by atoms with Crippen molar-refractivity contribution in [3.63, 3.8) is 0 Å². The van der Waals surface area contributed by atoms with Crippen LogP contribution in [0.4, 0.5) is 4.79 Å². The summed E-state index contributed by atoms with van der Waals surface area (Å²) in [6, 6.07) is 0. The summed E-state index contributed by atoms with van der Waals surface area (Å²) in [5.41, 5.74) is -0.544. The molecule has 0 saturated carbocycles. The van der Waals surface area contributed by atoms with Crippen molar-refractivity contribution in [1.82, 2.24) is 0 Å². The molecule has 1 heterocycles. The van der Waals surface area contributed by atoms with Crippen molar-refractivity contribution >= 4 is 23.7 Å². The molecule has 0 aromatic rings. The van der Waals surface area contributed by atoms with E-state index in [9.17, 15) is 9.59 Å². The third-order valence-electron chi connectivity index (χ3n) is 2.04. The Morgan fingerprint density at radius 3 is 2.53 bits per heavy atom. The van der Waals surface area contributed by atoms with Crippen LogP contribution in [0.5, 0.6) is 0 Å². The van der Waals surface area contributed by atoms with Crippen molar-refractivity contribution in [3.05, 3.63) is 0 Å². The fourth-order valence-electron chi connectivity index (χ4n) is 1.48. The molecule has 0 aromatic heterocycles. The van der Waals surface area contributed by atoms with Gasteiger partial charge in [-0.25, -0.2) is 4.79 Å². The van der Waals surface area contributed by atoms with E-state index in [2.05, 4.69) is 0 Å². The molecule has 6 heteroatoms. The van der Waals surface area contributed by atoms with Gasteiger partial charge in [0.1, 0.15) is 17.8 Å². The van der Waals surface area contributed by atoms with Crippen molar-refractivity contribution in [3.8, 4) is 0 Å². The number of rotatable bonds is 3. The molecule has 1 aliphatic heterocycles. The van der Waals surface area contributed by atoms with Crippen LogP contribution in [0.3, 0.4) is 0 Å². The normalized spacial score (nSPS) is 24.8. The number of hydrogen-bond acceptors (Lipinski definition) is 5. The van der Waals surface area contributed by atoms with Crippen LogP contribution in [-0.2, 0) is 19.0 Å². The smallest absolute Gasteiger partial charge is 0.460 e. The molecule has 98 valence electrons. The summed E-state index contributed by atoms with van der Waals surface area (Å²) in [6.07, 6.45) is -1.26. The van der Waals surface area contributed by atoms with Gasteiger partial charge in [0.2, 0.25) is 0 Å². The van der Waals surface area contributed by atoms with Crippen molar-refractivity contribution in [2.24, 2.45) is 0 Å². The molecule has 0 aromatic carbocycles. The molecule has 0 radical (unpaired) electrons. The first-order valence-electron chi connectivity index (χ1n) is 5.45. The zero-order valence-electron chi connectivity index (χ0n) is 10.2. The molecule has 1 saturated heterocycles. The van der Waals surface area contributed by atoms with Gasteiger partial charge in [0.05, 0.1) is 12.3 Å². The third-order valence-corrected chi connectivity index (χ3v) is 2.38. The lowest BCUT2D eigenvalue weighted by Gasteiger charge is -2.28. The summed E-state index contributed by atoms with van der Waals surface area (Å²) >= 11 is 5.61. The van der Waals surface area contributed by atoms with Gasteiger partial charge >= 0.3 is 12.1 Å². The molecule has 0 amide bonds. The van der Waals surface area contributed by atoms with Crippen LogP contribution in [0.15, 0.2) is 0 Å². The molecule has 0 aliphatic carbocycles. The zero-order valence-corrected chi connectivity index (χ0v) is 11.0. The second kappa shape index (κ2) is 5.58. The number of alkyl halides is 1. The first-order valence-corrected chi connectivity index (χ1v) is 5.98. The van der Waals surface area contributed by atoms with Crippen LogP contribution in [-0.4, -0.2) is 35.8 Å². The number of hydrogen-bond donors (Lipinski definition) is 0. The van der Waals surface area contributed by atoms with Crippen LogP contribution in [0.25, 0.3) is 0 Å². The first-order chi connectivity index (χ1) is 7.80. The van der Waals surface area contributed by atoms with Gasteiger partial charge in [-0.2, -0.15) is 0 Å². The van der Waals surface area contributed by atoms with E-state index in [4.69, 9.17) is 25.8 Å². The van der Waals surface area contributed by atoms with E-state index in [-0.39, 0.29) is 12.3 Å². The zero-order chi connectivity index (χ0) is 13.1. The van der Waals surface area contributed by atoms with Gasteiger partial charge in [-0.1, -0.05) is 0 Å². The highest BCUT2D eigenvalue weighted by Gasteiger charge is 2.32. The minimum absolute atomic E-state index is 0.0275. The monoisotopic (exact) mass is 264 g/mol. The van der Waals surface area contributed by atoms with E-state index in [0.29, 0.717) is 6.42 Å². The maximum atomic E-state index is 11.5. The van der Waals surface area contributed by atoms with Crippen molar-refractivity contribution in [2.75, 3.05) is 5.88 Å². The summed E-state index contributed by atoms with van der Waals surface area (Å²) in [6.45, 7) is 5.34. The Morgan fingerprint density at radius 2 is 2.00 bits per heavy atom. The van der Waals surface area contributed by atoms with Crippen LogP contribution in [0, 0.1) is 0 Å². The summed E-state index contributed by atoms with van der Waals surface area (Å²) in [7, 11) is 0. The van der Waals surface area contributed by atoms with Crippen LogP contribution in [0.2, 0.25) is 0 Å². The Bertz CT molecular complexity index is 297. The Kier molecular flexibility index (Phi) is 4.62. The molecule has 17 heavy (non-hydrogen) atoms. The number of halogens is 1. The number of carbonyl (C=O) groups is 2. The minimum atomic E-state index is -0.782. The van der Waals surface area contributed by atoms with Gasteiger partial charge in [0.15, 0.2) is 0 Å².